The first-order chi connectivity index (χ1) is 9.86. The van der Waals surface area contributed by atoms with Crippen molar-refractivity contribution < 1.29 is 4.74 Å². The molecule has 100 valence electrons. The Bertz CT molecular complexity index is 722. The third kappa shape index (κ3) is 2.75. The zero-order valence-electron chi connectivity index (χ0n) is 10.9. The second-order valence-corrected chi connectivity index (χ2v) is 4.82. The summed E-state index contributed by atoms with van der Waals surface area (Å²) < 4.78 is 5.86. The Labute approximate surface area is 123 Å². The highest BCUT2D eigenvalue weighted by molar-refractivity contribution is 6.17. The van der Waals surface area contributed by atoms with Gasteiger partial charge < -0.3 is 4.74 Å². The van der Waals surface area contributed by atoms with E-state index >= 15 is 0 Å². The van der Waals surface area contributed by atoms with Crippen LogP contribution < -0.4 is 4.74 Å². The molecule has 0 saturated carbocycles. The molecular formula is C17H14ClNO. The molecule has 0 aliphatic rings. The number of nitrogens with zero attached hydrogens (tertiary/aromatic N) is 1. The van der Waals surface area contributed by atoms with Crippen LogP contribution in [-0.4, -0.2) is 4.98 Å². The molecule has 0 aliphatic carbocycles. The van der Waals surface area contributed by atoms with Crippen molar-refractivity contribution in [1.82, 2.24) is 4.98 Å². The zero-order chi connectivity index (χ0) is 13.8. The van der Waals surface area contributed by atoms with E-state index in [0.717, 1.165) is 27.8 Å². The Morgan fingerprint density at radius 1 is 1.00 bits per heavy atom. The minimum absolute atomic E-state index is 0.495. The van der Waals surface area contributed by atoms with Gasteiger partial charge in [-0.05, 0) is 29.8 Å². The van der Waals surface area contributed by atoms with Crippen LogP contribution in [0.3, 0.4) is 0 Å². The number of rotatable bonds is 4. The van der Waals surface area contributed by atoms with Gasteiger partial charge in [-0.15, -0.1) is 11.6 Å². The lowest BCUT2D eigenvalue weighted by Gasteiger charge is -2.09. The van der Waals surface area contributed by atoms with Crippen LogP contribution in [0.5, 0.6) is 5.75 Å². The lowest BCUT2D eigenvalue weighted by Crippen LogP contribution is -1.97. The number of hydrogen-bond donors (Lipinski definition) is 0. The van der Waals surface area contributed by atoms with E-state index in [-0.39, 0.29) is 0 Å². The summed E-state index contributed by atoms with van der Waals surface area (Å²) in [7, 11) is 0. The number of pyridine rings is 1. The molecule has 0 saturated heterocycles. The first-order valence-electron chi connectivity index (χ1n) is 6.47. The molecule has 0 unspecified atom stereocenters. The molecule has 0 spiro atoms. The molecule has 3 rings (SSSR count). The van der Waals surface area contributed by atoms with E-state index in [1.54, 1.807) is 0 Å². The van der Waals surface area contributed by atoms with Gasteiger partial charge in [0.05, 0.1) is 5.52 Å². The second-order valence-electron chi connectivity index (χ2n) is 4.56. The van der Waals surface area contributed by atoms with Crippen molar-refractivity contribution in [3.8, 4) is 5.75 Å². The van der Waals surface area contributed by atoms with E-state index in [1.807, 2.05) is 54.7 Å². The van der Waals surface area contributed by atoms with Gasteiger partial charge in [0.1, 0.15) is 12.4 Å². The third-order valence-electron chi connectivity index (χ3n) is 3.19. The first-order valence-corrected chi connectivity index (χ1v) is 7.00. The summed E-state index contributed by atoms with van der Waals surface area (Å²) in [5, 5.41) is 1.13. The smallest absolute Gasteiger partial charge is 0.120 e. The molecule has 1 heterocycles. The Morgan fingerprint density at radius 2 is 1.90 bits per heavy atom. The van der Waals surface area contributed by atoms with Gasteiger partial charge in [-0.3, -0.25) is 4.98 Å². The van der Waals surface area contributed by atoms with Crippen molar-refractivity contribution in [2.75, 3.05) is 0 Å². The number of halogens is 1. The highest BCUT2D eigenvalue weighted by Crippen LogP contribution is 2.20. The van der Waals surface area contributed by atoms with Gasteiger partial charge in [-0.1, -0.05) is 30.3 Å². The Morgan fingerprint density at radius 3 is 2.80 bits per heavy atom. The van der Waals surface area contributed by atoms with Gasteiger partial charge in [0.2, 0.25) is 0 Å². The molecular weight excluding hydrogens is 270 g/mol. The number of alkyl halides is 1. The monoisotopic (exact) mass is 283 g/mol. The van der Waals surface area contributed by atoms with Gasteiger partial charge in [-0.2, -0.15) is 0 Å². The molecule has 2 nitrogen and oxygen atoms in total. The fourth-order valence-corrected chi connectivity index (χ4v) is 2.33. The first kappa shape index (κ1) is 12.9. The summed E-state index contributed by atoms with van der Waals surface area (Å²) in [6, 6.07) is 17.9. The Kier molecular flexibility index (Phi) is 3.84. The number of hydrogen-bond acceptors (Lipinski definition) is 2. The fraction of sp³-hybridized carbons (Fsp3) is 0.118. The molecule has 2 aromatic carbocycles. The van der Waals surface area contributed by atoms with E-state index in [0.29, 0.717) is 12.5 Å². The van der Waals surface area contributed by atoms with Gasteiger partial charge in [-0.25, -0.2) is 0 Å². The number of benzene rings is 2. The highest BCUT2D eigenvalue weighted by Gasteiger charge is 2.02. The number of para-hydroxylation sites is 1. The van der Waals surface area contributed by atoms with E-state index in [1.165, 1.54) is 0 Å². The maximum absolute atomic E-state index is 5.86. The van der Waals surface area contributed by atoms with Crippen LogP contribution in [0.15, 0.2) is 60.8 Å². The van der Waals surface area contributed by atoms with Crippen LogP contribution in [-0.2, 0) is 12.5 Å². The lowest BCUT2D eigenvalue weighted by atomic mass is 10.1. The maximum Gasteiger partial charge on any atom is 0.120 e. The summed E-state index contributed by atoms with van der Waals surface area (Å²) in [5.41, 5.74) is 3.18. The normalized spacial score (nSPS) is 10.7. The van der Waals surface area contributed by atoms with Crippen LogP contribution in [0.25, 0.3) is 10.9 Å². The average molecular weight is 284 g/mol. The average Bonchev–Trinajstić information content (AvgIpc) is 2.53. The predicted octanol–water partition coefficient (Wildman–Crippen LogP) is 4.55. The van der Waals surface area contributed by atoms with E-state index in [9.17, 15) is 0 Å². The standard InChI is InChI=1S/C17H14ClNO/c18-11-13-4-3-5-15(10-13)20-12-14-8-9-19-17-7-2-1-6-16(14)17/h1-10H,11-12H2. The molecule has 0 radical (unpaired) electrons. The van der Waals surface area contributed by atoms with Gasteiger partial charge in [0, 0.05) is 23.0 Å². The second kappa shape index (κ2) is 5.93. The number of fused-ring (bicyclic) bond motifs is 1. The van der Waals surface area contributed by atoms with Crippen LogP contribution in [0.1, 0.15) is 11.1 Å². The quantitative estimate of drug-likeness (QED) is 0.655. The Hall–Kier alpha value is -2.06. The van der Waals surface area contributed by atoms with E-state index in [2.05, 4.69) is 11.1 Å². The molecule has 0 N–H and O–H groups in total. The topological polar surface area (TPSA) is 22.1 Å². The van der Waals surface area contributed by atoms with Crippen molar-refractivity contribution in [3.63, 3.8) is 0 Å². The fourth-order valence-electron chi connectivity index (χ4n) is 2.16. The predicted molar refractivity (Wildman–Crippen MR) is 82.1 cm³/mol. The minimum Gasteiger partial charge on any atom is -0.489 e. The molecule has 1 aromatic heterocycles. The maximum atomic E-state index is 5.86. The molecule has 0 aliphatic heterocycles. The van der Waals surface area contributed by atoms with Crippen molar-refractivity contribution in [1.29, 1.82) is 0 Å². The summed E-state index contributed by atoms with van der Waals surface area (Å²) in [6.07, 6.45) is 1.82. The van der Waals surface area contributed by atoms with E-state index < -0.39 is 0 Å². The summed E-state index contributed by atoms with van der Waals surface area (Å²) in [6.45, 7) is 0.523. The third-order valence-corrected chi connectivity index (χ3v) is 3.50. The lowest BCUT2D eigenvalue weighted by molar-refractivity contribution is 0.307. The van der Waals surface area contributed by atoms with Crippen LogP contribution in [0.2, 0.25) is 0 Å². The van der Waals surface area contributed by atoms with Crippen LogP contribution in [0, 0.1) is 0 Å². The molecule has 0 fully saturated rings. The molecule has 0 amide bonds. The molecule has 20 heavy (non-hydrogen) atoms. The van der Waals surface area contributed by atoms with Gasteiger partial charge >= 0.3 is 0 Å². The Balaban J connectivity index is 1.83. The zero-order valence-corrected chi connectivity index (χ0v) is 11.7. The number of aromatic nitrogens is 1. The minimum atomic E-state index is 0.495. The van der Waals surface area contributed by atoms with Gasteiger partial charge in [0.15, 0.2) is 0 Å². The summed E-state index contributed by atoms with van der Waals surface area (Å²) in [4.78, 5) is 4.35. The molecule has 0 bridgehead atoms. The summed E-state index contributed by atoms with van der Waals surface area (Å²) >= 11 is 5.83. The SMILES string of the molecule is ClCc1cccc(OCc2ccnc3ccccc23)c1. The molecule has 0 atom stereocenters. The van der Waals surface area contributed by atoms with Crippen molar-refractivity contribution in [2.45, 2.75) is 12.5 Å². The largest absolute Gasteiger partial charge is 0.489 e. The van der Waals surface area contributed by atoms with Crippen LogP contribution in [0.4, 0.5) is 0 Å². The van der Waals surface area contributed by atoms with E-state index in [4.69, 9.17) is 16.3 Å². The summed E-state index contributed by atoms with van der Waals surface area (Å²) in [5.74, 6) is 1.33. The van der Waals surface area contributed by atoms with Crippen molar-refractivity contribution in [3.05, 3.63) is 71.9 Å². The number of ether oxygens (including phenoxy) is 1. The molecule has 3 aromatic rings. The van der Waals surface area contributed by atoms with Crippen molar-refractivity contribution >= 4 is 22.5 Å². The van der Waals surface area contributed by atoms with Crippen LogP contribution >= 0.6 is 11.6 Å². The van der Waals surface area contributed by atoms with Gasteiger partial charge in [0.25, 0.3) is 0 Å². The highest BCUT2D eigenvalue weighted by atomic mass is 35.5. The van der Waals surface area contributed by atoms with Crippen molar-refractivity contribution in [2.24, 2.45) is 0 Å². The molecule has 3 heteroatoms.